The molecule has 0 radical (unpaired) electrons. The summed E-state index contributed by atoms with van der Waals surface area (Å²) < 4.78 is 12.2. The number of rotatable bonds is 5. The lowest BCUT2D eigenvalue weighted by atomic mass is 9.89. The molecule has 1 amide bonds. The van der Waals surface area contributed by atoms with Gasteiger partial charge >= 0.3 is 0 Å². The van der Waals surface area contributed by atoms with Crippen LogP contribution in [0.5, 0.6) is 11.5 Å². The standard InChI is InChI=1S/C24H31NO3/c1-7-21(27-18-10-9-16(3)17(4)13-18)23(26)25-20-14-24(5,6)28-22-12-15(2)8-11-19(20)22/h8-13,20-21H,7,14H2,1-6H3,(H,25,26)/t20-,21-/m0/s1. The maximum atomic E-state index is 13.0. The molecule has 0 aliphatic carbocycles. The Morgan fingerprint density at radius 1 is 1.18 bits per heavy atom. The van der Waals surface area contributed by atoms with E-state index in [-0.39, 0.29) is 17.6 Å². The Kier molecular flexibility index (Phi) is 5.69. The van der Waals surface area contributed by atoms with Gasteiger partial charge < -0.3 is 14.8 Å². The highest BCUT2D eigenvalue weighted by Crippen LogP contribution is 2.40. The van der Waals surface area contributed by atoms with E-state index in [1.165, 1.54) is 5.56 Å². The van der Waals surface area contributed by atoms with Gasteiger partial charge in [-0.15, -0.1) is 0 Å². The molecule has 150 valence electrons. The van der Waals surface area contributed by atoms with E-state index in [1.54, 1.807) is 0 Å². The first-order chi connectivity index (χ1) is 13.2. The Morgan fingerprint density at radius 3 is 2.61 bits per heavy atom. The van der Waals surface area contributed by atoms with Gasteiger partial charge in [0.2, 0.25) is 0 Å². The van der Waals surface area contributed by atoms with Crippen molar-refractivity contribution < 1.29 is 14.3 Å². The van der Waals surface area contributed by atoms with E-state index in [9.17, 15) is 4.79 Å². The molecule has 4 nitrogen and oxygen atoms in total. The predicted octanol–water partition coefficient (Wildman–Crippen LogP) is 5.19. The second kappa shape index (κ2) is 7.86. The second-order valence-electron chi connectivity index (χ2n) is 8.43. The zero-order valence-electron chi connectivity index (χ0n) is 17.8. The minimum atomic E-state index is -0.526. The van der Waals surface area contributed by atoms with E-state index in [0.29, 0.717) is 6.42 Å². The second-order valence-corrected chi connectivity index (χ2v) is 8.43. The topological polar surface area (TPSA) is 47.6 Å². The van der Waals surface area contributed by atoms with E-state index in [4.69, 9.17) is 9.47 Å². The molecule has 28 heavy (non-hydrogen) atoms. The lowest BCUT2D eigenvalue weighted by molar-refractivity contribution is -0.129. The van der Waals surface area contributed by atoms with Gasteiger partial charge in [-0.2, -0.15) is 0 Å². The van der Waals surface area contributed by atoms with Gasteiger partial charge in [0.25, 0.3) is 5.91 Å². The summed E-state index contributed by atoms with van der Waals surface area (Å²) in [6.45, 7) is 12.2. The number of hydrogen-bond acceptors (Lipinski definition) is 3. The Balaban J connectivity index is 1.77. The van der Waals surface area contributed by atoms with E-state index in [0.717, 1.165) is 34.6 Å². The van der Waals surface area contributed by atoms with Crippen molar-refractivity contribution in [2.75, 3.05) is 0 Å². The van der Waals surface area contributed by atoms with Crippen LogP contribution in [0.25, 0.3) is 0 Å². The van der Waals surface area contributed by atoms with Crippen LogP contribution < -0.4 is 14.8 Å². The summed E-state index contributed by atoms with van der Waals surface area (Å²) in [6.07, 6.45) is 0.794. The zero-order valence-corrected chi connectivity index (χ0v) is 17.8. The van der Waals surface area contributed by atoms with Crippen LogP contribution in [0.2, 0.25) is 0 Å². The number of nitrogens with one attached hydrogen (secondary N) is 1. The van der Waals surface area contributed by atoms with Crippen molar-refractivity contribution in [1.29, 1.82) is 0 Å². The van der Waals surface area contributed by atoms with Crippen molar-refractivity contribution >= 4 is 5.91 Å². The molecule has 2 aromatic rings. The van der Waals surface area contributed by atoms with Crippen molar-refractivity contribution in [2.45, 2.75) is 72.1 Å². The quantitative estimate of drug-likeness (QED) is 0.775. The minimum Gasteiger partial charge on any atom is -0.487 e. The Morgan fingerprint density at radius 2 is 1.93 bits per heavy atom. The summed E-state index contributed by atoms with van der Waals surface area (Å²) in [5.41, 5.74) is 4.20. The number of benzene rings is 2. The van der Waals surface area contributed by atoms with Crippen molar-refractivity contribution in [3.8, 4) is 11.5 Å². The van der Waals surface area contributed by atoms with Crippen LogP contribution in [0.4, 0.5) is 0 Å². The summed E-state index contributed by atoms with van der Waals surface area (Å²) in [6, 6.07) is 12.0. The van der Waals surface area contributed by atoms with E-state index in [1.807, 2.05) is 45.0 Å². The average Bonchev–Trinajstić information content (AvgIpc) is 2.61. The van der Waals surface area contributed by atoms with E-state index >= 15 is 0 Å². The normalized spacial score (nSPS) is 18.6. The van der Waals surface area contributed by atoms with E-state index < -0.39 is 6.10 Å². The van der Waals surface area contributed by atoms with Gasteiger partial charge in [-0.3, -0.25) is 4.79 Å². The highest BCUT2D eigenvalue weighted by Gasteiger charge is 2.35. The molecule has 1 heterocycles. The van der Waals surface area contributed by atoms with Gasteiger partial charge in [0, 0.05) is 12.0 Å². The van der Waals surface area contributed by atoms with Gasteiger partial charge in [-0.05, 0) is 75.9 Å². The number of fused-ring (bicyclic) bond motifs is 1. The molecular formula is C24H31NO3. The summed E-state index contributed by atoms with van der Waals surface area (Å²) in [5.74, 6) is 1.49. The number of hydrogen-bond donors (Lipinski definition) is 1. The van der Waals surface area contributed by atoms with Crippen LogP contribution in [-0.4, -0.2) is 17.6 Å². The van der Waals surface area contributed by atoms with Crippen LogP contribution in [0.1, 0.15) is 61.9 Å². The number of aryl methyl sites for hydroxylation is 3. The number of carbonyl (C=O) groups excluding carboxylic acids is 1. The summed E-state index contributed by atoms with van der Waals surface area (Å²) >= 11 is 0. The molecule has 0 saturated heterocycles. The van der Waals surface area contributed by atoms with Crippen LogP contribution in [-0.2, 0) is 4.79 Å². The maximum absolute atomic E-state index is 13.0. The molecule has 0 aromatic heterocycles. The largest absolute Gasteiger partial charge is 0.487 e. The fraction of sp³-hybridized carbons (Fsp3) is 0.458. The molecule has 4 heteroatoms. The van der Waals surface area contributed by atoms with Gasteiger partial charge in [0.15, 0.2) is 6.10 Å². The third-order valence-corrected chi connectivity index (χ3v) is 5.36. The molecule has 3 rings (SSSR count). The molecule has 0 unspecified atom stereocenters. The average molecular weight is 382 g/mol. The van der Waals surface area contributed by atoms with Gasteiger partial charge in [0.05, 0.1) is 6.04 Å². The third-order valence-electron chi connectivity index (χ3n) is 5.36. The lowest BCUT2D eigenvalue weighted by Crippen LogP contribution is -2.45. The minimum absolute atomic E-state index is 0.0880. The monoisotopic (exact) mass is 381 g/mol. The molecule has 1 aliphatic heterocycles. The Labute approximate surface area is 168 Å². The Bertz CT molecular complexity index is 872. The summed E-state index contributed by atoms with van der Waals surface area (Å²) in [7, 11) is 0. The molecule has 2 atom stereocenters. The fourth-order valence-electron chi connectivity index (χ4n) is 3.63. The van der Waals surface area contributed by atoms with Crippen molar-refractivity contribution in [3.63, 3.8) is 0 Å². The molecular weight excluding hydrogens is 350 g/mol. The molecule has 1 N–H and O–H groups in total. The predicted molar refractivity (Wildman–Crippen MR) is 112 cm³/mol. The third kappa shape index (κ3) is 4.49. The van der Waals surface area contributed by atoms with E-state index in [2.05, 4.69) is 38.2 Å². The van der Waals surface area contributed by atoms with Gasteiger partial charge in [-0.1, -0.05) is 25.1 Å². The fourth-order valence-corrected chi connectivity index (χ4v) is 3.63. The molecule has 0 saturated carbocycles. The summed E-state index contributed by atoms with van der Waals surface area (Å²) in [5, 5.41) is 3.20. The molecule has 0 spiro atoms. The van der Waals surface area contributed by atoms with Gasteiger partial charge in [-0.25, -0.2) is 0 Å². The Hall–Kier alpha value is -2.49. The summed E-state index contributed by atoms with van der Waals surface area (Å²) in [4.78, 5) is 13.0. The number of carbonyl (C=O) groups is 1. The zero-order chi connectivity index (χ0) is 20.5. The first-order valence-corrected chi connectivity index (χ1v) is 10.0. The van der Waals surface area contributed by atoms with Crippen molar-refractivity contribution in [1.82, 2.24) is 5.32 Å². The SMILES string of the molecule is CC[C@H](Oc1ccc(C)c(C)c1)C(=O)N[C@H]1CC(C)(C)Oc2cc(C)ccc21. The van der Waals surface area contributed by atoms with Crippen LogP contribution in [0, 0.1) is 20.8 Å². The highest BCUT2D eigenvalue weighted by atomic mass is 16.5. The van der Waals surface area contributed by atoms with Crippen LogP contribution in [0.3, 0.4) is 0 Å². The van der Waals surface area contributed by atoms with Crippen molar-refractivity contribution in [3.05, 3.63) is 58.7 Å². The molecule has 0 fully saturated rings. The van der Waals surface area contributed by atoms with Crippen molar-refractivity contribution in [2.24, 2.45) is 0 Å². The first kappa shape index (κ1) is 20.2. The first-order valence-electron chi connectivity index (χ1n) is 10.0. The lowest BCUT2D eigenvalue weighted by Gasteiger charge is -2.38. The number of amides is 1. The maximum Gasteiger partial charge on any atom is 0.261 e. The van der Waals surface area contributed by atoms with Crippen LogP contribution in [0.15, 0.2) is 36.4 Å². The highest BCUT2D eigenvalue weighted by molar-refractivity contribution is 5.81. The molecule has 0 bridgehead atoms. The smallest absolute Gasteiger partial charge is 0.261 e. The van der Waals surface area contributed by atoms with Gasteiger partial charge in [0.1, 0.15) is 17.1 Å². The van der Waals surface area contributed by atoms with Crippen LogP contribution >= 0.6 is 0 Å². The molecule has 1 aliphatic rings. The number of ether oxygens (including phenoxy) is 2. The molecule has 2 aromatic carbocycles.